The van der Waals surface area contributed by atoms with Crippen LogP contribution >= 0.6 is 11.8 Å². The normalized spacial score (nSPS) is 20.5. The van der Waals surface area contributed by atoms with E-state index in [2.05, 4.69) is 112 Å². The number of carbonyl (C=O) groups excluding carboxylic acids is 1. The molecule has 1 saturated heterocycles. The summed E-state index contributed by atoms with van der Waals surface area (Å²) < 4.78 is 14.4. The first-order chi connectivity index (χ1) is 16.8. The molecule has 3 aromatic rings. The van der Waals surface area contributed by atoms with Gasteiger partial charge in [0.05, 0.1) is 0 Å². The molecule has 1 aliphatic rings. The second kappa shape index (κ2) is 11.5. The minimum absolute atomic E-state index is 0.0587. The molecular formula is C29H34O3SSeSi. The van der Waals surface area contributed by atoms with Gasteiger partial charge in [-0.25, -0.2) is 0 Å². The zero-order valence-corrected chi connectivity index (χ0v) is 24.4. The second-order valence-corrected chi connectivity index (χ2v) is 18.0. The van der Waals surface area contributed by atoms with Crippen LogP contribution < -0.4 is 14.8 Å². The van der Waals surface area contributed by atoms with Gasteiger partial charge in [-0.05, 0) is 0 Å². The van der Waals surface area contributed by atoms with Crippen LogP contribution in [0, 0.1) is 5.92 Å². The van der Waals surface area contributed by atoms with Crippen molar-refractivity contribution in [1.29, 1.82) is 0 Å². The molecule has 3 nitrogen and oxygen atoms in total. The van der Waals surface area contributed by atoms with Crippen molar-refractivity contribution in [2.75, 3.05) is 12.4 Å². The van der Waals surface area contributed by atoms with Crippen molar-refractivity contribution < 1.29 is 14.0 Å². The second-order valence-electron chi connectivity index (χ2n) is 9.94. The van der Waals surface area contributed by atoms with E-state index in [1.54, 1.807) is 11.8 Å². The van der Waals surface area contributed by atoms with E-state index in [1.807, 2.05) is 0 Å². The van der Waals surface area contributed by atoms with Gasteiger partial charge in [-0.15, -0.1) is 0 Å². The van der Waals surface area contributed by atoms with Crippen molar-refractivity contribution in [3.05, 3.63) is 91.0 Å². The molecular weight excluding hydrogens is 535 g/mol. The molecule has 0 aliphatic carbocycles. The summed E-state index contributed by atoms with van der Waals surface area (Å²) in [6, 6.07) is 32.2. The Balaban J connectivity index is 1.67. The van der Waals surface area contributed by atoms with Crippen LogP contribution in [0.15, 0.2) is 91.0 Å². The number of esters is 1. The first-order valence-electron chi connectivity index (χ1n) is 12.1. The molecule has 3 atom stereocenters. The number of hydrogen-bond acceptors (Lipinski definition) is 4. The van der Waals surface area contributed by atoms with Gasteiger partial charge in [-0.2, -0.15) is 0 Å². The molecule has 1 heterocycles. The summed E-state index contributed by atoms with van der Waals surface area (Å²) in [5.74, 6) is 1.06. The number of rotatable bonds is 8. The van der Waals surface area contributed by atoms with Crippen LogP contribution in [-0.4, -0.2) is 47.0 Å². The Labute approximate surface area is 221 Å². The van der Waals surface area contributed by atoms with Crippen LogP contribution in [0.2, 0.25) is 9.85 Å². The molecule has 0 bridgehead atoms. The van der Waals surface area contributed by atoms with E-state index in [0.29, 0.717) is 12.5 Å². The Hall–Kier alpha value is -1.82. The van der Waals surface area contributed by atoms with Gasteiger partial charge in [0.15, 0.2) is 0 Å². The summed E-state index contributed by atoms with van der Waals surface area (Å²) in [7, 11) is -2.60. The molecule has 0 N–H and O–H groups in total. The van der Waals surface area contributed by atoms with E-state index in [1.165, 1.54) is 21.8 Å². The fraction of sp³-hybridized carbons (Fsp3) is 0.345. The quantitative estimate of drug-likeness (QED) is 0.293. The first kappa shape index (κ1) is 26.2. The van der Waals surface area contributed by atoms with Crippen LogP contribution in [-0.2, 0) is 14.0 Å². The molecule has 0 radical (unpaired) electrons. The van der Waals surface area contributed by atoms with Gasteiger partial charge in [0.1, 0.15) is 0 Å². The zero-order chi connectivity index (χ0) is 24.9. The maximum atomic E-state index is 11.9. The fourth-order valence-electron chi connectivity index (χ4n) is 4.84. The third-order valence-corrected chi connectivity index (χ3v) is 16.2. The maximum absolute atomic E-state index is 11.9. The van der Waals surface area contributed by atoms with E-state index in [0.717, 1.165) is 5.75 Å². The van der Waals surface area contributed by atoms with Crippen molar-refractivity contribution >= 4 is 55.8 Å². The summed E-state index contributed by atoms with van der Waals surface area (Å²) in [5, 5.41) is 2.54. The topological polar surface area (TPSA) is 35.5 Å². The number of carbonyl (C=O) groups is 1. The van der Waals surface area contributed by atoms with Gasteiger partial charge in [0, 0.05) is 0 Å². The molecule has 1 unspecified atom stereocenters. The van der Waals surface area contributed by atoms with Crippen LogP contribution in [0.4, 0.5) is 0 Å². The molecule has 0 saturated carbocycles. The summed E-state index contributed by atoms with van der Waals surface area (Å²) in [5.41, 5.74) is -0.111. The third-order valence-electron chi connectivity index (χ3n) is 6.44. The molecule has 1 aliphatic heterocycles. The number of ether oxygens (including phenoxy) is 1. The minimum atomic E-state index is -2.60. The summed E-state index contributed by atoms with van der Waals surface area (Å²) in [6.45, 7) is 9.12. The Morgan fingerprint density at radius 3 is 1.91 bits per heavy atom. The summed E-state index contributed by atoms with van der Waals surface area (Å²) in [6.07, 6.45) is 0. The van der Waals surface area contributed by atoms with Gasteiger partial charge >= 0.3 is 222 Å². The van der Waals surface area contributed by atoms with Crippen molar-refractivity contribution in [2.45, 2.75) is 43.0 Å². The molecule has 6 heteroatoms. The number of benzene rings is 3. The monoisotopic (exact) mass is 570 g/mol. The van der Waals surface area contributed by atoms with E-state index < -0.39 is 8.32 Å². The van der Waals surface area contributed by atoms with Gasteiger partial charge in [-0.3, -0.25) is 0 Å². The number of hydrogen-bond donors (Lipinski definition) is 0. The molecule has 35 heavy (non-hydrogen) atoms. The molecule has 4 rings (SSSR count). The van der Waals surface area contributed by atoms with Crippen molar-refractivity contribution in [3.63, 3.8) is 0 Å². The van der Waals surface area contributed by atoms with Crippen LogP contribution in [0.25, 0.3) is 0 Å². The Morgan fingerprint density at radius 1 is 0.914 bits per heavy atom. The van der Waals surface area contributed by atoms with E-state index in [9.17, 15) is 4.79 Å². The fourth-order valence-corrected chi connectivity index (χ4v) is 14.3. The molecule has 0 amide bonds. The van der Waals surface area contributed by atoms with Crippen molar-refractivity contribution in [3.8, 4) is 0 Å². The third kappa shape index (κ3) is 5.95. The first-order valence-corrected chi connectivity index (χ1v) is 16.9. The SMILES string of the molecule is CC(=O)OC1SC[C@@H](CO[Si](c2ccccc2)(c2ccccc2)C(C)(C)C)[C@@H]1[Se]c1ccccc1. The molecule has 3 aromatic carbocycles. The van der Waals surface area contributed by atoms with Gasteiger partial charge in [-0.1, -0.05) is 0 Å². The number of thioether (sulfide) groups is 1. The predicted octanol–water partition coefficient (Wildman–Crippen LogP) is 4.63. The molecule has 1 fully saturated rings. The average Bonchev–Trinajstić information content (AvgIpc) is 3.21. The van der Waals surface area contributed by atoms with Gasteiger partial charge < -0.3 is 0 Å². The predicted molar refractivity (Wildman–Crippen MR) is 151 cm³/mol. The Morgan fingerprint density at radius 2 is 1.43 bits per heavy atom. The summed E-state index contributed by atoms with van der Waals surface area (Å²) in [4.78, 5) is 12.1. The zero-order valence-electron chi connectivity index (χ0n) is 20.8. The van der Waals surface area contributed by atoms with Crippen LogP contribution in [0.3, 0.4) is 0 Å². The van der Waals surface area contributed by atoms with Crippen molar-refractivity contribution in [1.82, 2.24) is 0 Å². The van der Waals surface area contributed by atoms with Crippen molar-refractivity contribution in [2.24, 2.45) is 5.92 Å². The average molecular weight is 570 g/mol. The summed E-state index contributed by atoms with van der Waals surface area (Å²) >= 11 is 1.95. The van der Waals surface area contributed by atoms with E-state index in [-0.39, 0.29) is 36.2 Å². The van der Waals surface area contributed by atoms with E-state index in [4.69, 9.17) is 9.16 Å². The van der Waals surface area contributed by atoms with Gasteiger partial charge in [0.2, 0.25) is 0 Å². The van der Waals surface area contributed by atoms with Gasteiger partial charge in [0.25, 0.3) is 0 Å². The van der Waals surface area contributed by atoms with Crippen LogP contribution in [0.5, 0.6) is 0 Å². The van der Waals surface area contributed by atoms with E-state index >= 15 is 0 Å². The molecule has 0 spiro atoms. The molecule has 0 aromatic heterocycles. The Bertz CT molecular complexity index is 1050. The Kier molecular flexibility index (Phi) is 8.61. The standard InChI is InChI=1S/C29H34O3SSeSi/c1-22(30)32-28-27(34-24-14-8-5-9-15-24)23(21-33-28)20-31-35(29(2,3)4,25-16-10-6-11-17-25)26-18-12-7-13-19-26/h5-19,23,27-28H,20-21H2,1-4H3/t23-,27+,28?/m1/s1. The molecule has 184 valence electrons. The van der Waals surface area contributed by atoms with Crippen LogP contribution in [0.1, 0.15) is 27.7 Å².